The van der Waals surface area contributed by atoms with E-state index in [0.717, 1.165) is 0 Å². The summed E-state index contributed by atoms with van der Waals surface area (Å²) in [5.74, 6) is -0.841. The Hall–Kier alpha value is -2.74. The lowest BCUT2D eigenvalue weighted by molar-refractivity contribution is -0.125. The Kier molecular flexibility index (Phi) is 9.00. The molecule has 0 bridgehead atoms. The van der Waals surface area contributed by atoms with Crippen LogP contribution in [0, 0.1) is 0 Å². The first-order valence-corrected chi connectivity index (χ1v) is 8.46. The number of nitrogens with zero attached hydrogens (tertiary/aromatic N) is 1. The van der Waals surface area contributed by atoms with Gasteiger partial charge in [-0.1, -0.05) is 12.1 Å². The number of rotatable bonds is 11. The molecule has 0 aliphatic carbocycles. The molecule has 0 saturated heterocycles. The van der Waals surface area contributed by atoms with Gasteiger partial charge in [0.05, 0.1) is 5.56 Å². The van der Waals surface area contributed by atoms with Crippen molar-refractivity contribution >= 4 is 30.1 Å². The molecule has 0 aliphatic heterocycles. The molecule has 0 heterocycles. The molecule has 1 aromatic rings. The molecule has 0 spiro atoms. The number of hydrogen-bond acceptors (Lipinski definition) is 6. The number of nitrogens with two attached hydrogens (primary N) is 1. The molecule has 0 radical (unpaired) electrons. The molecule has 1 aromatic carbocycles. The highest BCUT2D eigenvalue weighted by molar-refractivity contribution is 6.07. The van der Waals surface area contributed by atoms with Crippen LogP contribution in [0.4, 0.5) is 5.69 Å². The fraction of sp³-hybridized carbons (Fsp3) is 0.444. The van der Waals surface area contributed by atoms with Crippen LogP contribution in [0.3, 0.4) is 0 Å². The Balaban J connectivity index is 3.20. The molecule has 0 aliphatic rings. The molecule has 26 heavy (non-hydrogen) atoms. The highest BCUT2D eigenvalue weighted by Crippen LogP contribution is 2.22. The van der Waals surface area contributed by atoms with Gasteiger partial charge in [-0.25, -0.2) is 0 Å². The maximum Gasteiger partial charge on any atom is 0.257 e. The van der Waals surface area contributed by atoms with E-state index < -0.39 is 11.9 Å². The topological polar surface area (TPSA) is 122 Å². The molecule has 8 heteroatoms. The SMILES string of the molecule is CNC(=O)C(CCC=O)N(C)C(=O)c1c(C=O)cccc1NCCCN. The second kappa shape index (κ2) is 11.0. The number of anilines is 1. The van der Waals surface area contributed by atoms with Crippen LogP contribution in [0.5, 0.6) is 0 Å². The van der Waals surface area contributed by atoms with Crippen LogP contribution in [-0.4, -0.2) is 62.5 Å². The summed E-state index contributed by atoms with van der Waals surface area (Å²) in [6, 6.07) is 4.11. The van der Waals surface area contributed by atoms with E-state index >= 15 is 0 Å². The van der Waals surface area contributed by atoms with Crippen LogP contribution in [0.1, 0.15) is 40.0 Å². The van der Waals surface area contributed by atoms with E-state index in [-0.39, 0.29) is 29.9 Å². The predicted molar refractivity (Wildman–Crippen MR) is 99.2 cm³/mol. The maximum atomic E-state index is 13.0. The number of likely N-dealkylation sites (N-methyl/N-ethyl adjacent to an activating group) is 2. The lowest BCUT2D eigenvalue weighted by Crippen LogP contribution is -2.47. The third-order valence-corrected chi connectivity index (χ3v) is 4.03. The fourth-order valence-corrected chi connectivity index (χ4v) is 2.59. The summed E-state index contributed by atoms with van der Waals surface area (Å²) < 4.78 is 0. The first-order chi connectivity index (χ1) is 12.5. The second-order valence-corrected chi connectivity index (χ2v) is 5.75. The van der Waals surface area contributed by atoms with Gasteiger partial charge in [0.1, 0.15) is 12.3 Å². The Labute approximate surface area is 153 Å². The summed E-state index contributed by atoms with van der Waals surface area (Å²) in [5.41, 5.74) is 6.41. The monoisotopic (exact) mass is 362 g/mol. The minimum absolute atomic E-state index is 0.145. The lowest BCUT2D eigenvalue weighted by Gasteiger charge is -2.28. The van der Waals surface area contributed by atoms with Crippen molar-refractivity contribution in [1.82, 2.24) is 10.2 Å². The molecule has 2 amide bonds. The van der Waals surface area contributed by atoms with Crippen LogP contribution in [0.25, 0.3) is 0 Å². The second-order valence-electron chi connectivity index (χ2n) is 5.75. The quantitative estimate of drug-likeness (QED) is 0.388. The normalized spacial score (nSPS) is 11.3. The Bertz CT molecular complexity index is 648. The molecule has 8 nitrogen and oxygen atoms in total. The molecule has 0 fully saturated rings. The van der Waals surface area contributed by atoms with E-state index in [1.807, 2.05) is 0 Å². The van der Waals surface area contributed by atoms with E-state index in [4.69, 9.17) is 5.73 Å². The smallest absolute Gasteiger partial charge is 0.257 e. The zero-order valence-corrected chi connectivity index (χ0v) is 15.2. The summed E-state index contributed by atoms with van der Waals surface area (Å²) in [6.07, 6.45) is 2.36. The van der Waals surface area contributed by atoms with Crippen LogP contribution < -0.4 is 16.4 Å². The largest absolute Gasteiger partial charge is 0.384 e. The Morgan fingerprint density at radius 1 is 1.31 bits per heavy atom. The van der Waals surface area contributed by atoms with Gasteiger partial charge in [-0.05, 0) is 25.5 Å². The number of benzene rings is 1. The highest BCUT2D eigenvalue weighted by atomic mass is 16.2. The van der Waals surface area contributed by atoms with Gasteiger partial charge >= 0.3 is 0 Å². The molecule has 4 N–H and O–H groups in total. The molecular formula is C18H26N4O4. The number of carbonyl (C=O) groups is 4. The summed E-state index contributed by atoms with van der Waals surface area (Å²) >= 11 is 0. The van der Waals surface area contributed by atoms with Crippen LogP contribution >= 0.6 is 0 Å². The van der Waals surface area contributed by atoms with Gasteiger partial charge in [0, 0.05) is 38.3 Å². The standard InChI is InChI=1S/C18H26N4O4/c1-20-17(25)15(8-4-11-23)22(2)18(26)16-13(12-24)6-3-7-14(16)21-10-5-9-19/h3,6-7,11-12,15,21H,4-5,8-10,19H2,1-2H3,(H,20,25). The number of carbonyl (C=O) groups excluding carboxylic acids is 4. The average molecular weight is 362 g/mol. The van der Waals surface area contributed by atoms with E-state index in [2.05, 4.69) is 10.6 Å². The van der Waals surface area contributed by atoms with Crippen molar-refractivity contribution in [1.29, 1.82) is 0 Å². The lowest BCUT2D eigenvalue weighted by atomic mass is 10.0. The average Bonchev–Trinajstić information content (AvgIpc) is 2.67. The Morgan fingerprint density at radius 2 is 2.04 bits per heavy atom. The third kappa shape index (κ3) is 5.38. The predicted octanol–water partition coefficient (Wildman–Crippen LogP) is 0.426. The van der Waals surface area contributed by atoms with Crippen LogP contribution in [0.15, 0.2) is 18.2 Å². The van der Waals surface area contributed by atoms with Crippen LogP contribution in [-0.2, 0) is 9.59 Å². The first kappa shape index (κ1) is 21.3. The summed E-state index contributed by atoms with van der Waals surface area (Å²) in [6.45, 7) is 1.04. The Morgan fingerprint density at radius 3 is 2.62 bits per heavy atom. The van der Waals surface area contributed by atoms with Gasteiger partial charge in [-0.15, -0.1) is 0 Å². The maximum absolute atomic E-state index is 13.0. The van der Waals surface area contributed by atoms with Crippen molar-refractivity contribution in [3.63, 3.8) is 0 Å². The van der Waals surface area contributed by atoms with Gasteiger partial charge in [0.15, 0.2) is 6.29 Å². The van der Waals surface area contributed by atoms with E-state index in [9.17, 15) is 19.2 Å². The first-order valence-electron chi connectivity index (χ1n) is 8.46. The molecule has 0 aromatic heterocycles. The highest BCUT2D eigenvalue weighted by Gasteiger charge is 2.29. The van der Waals surface area contributed by atoms with Crippen molar-refractivity contribution in [3.8, 4) is 0 Å². The van der Waals surface area contributed by atoms with Gasteiger partial charge in [-0.2, -0.15) is 0 Å². The van der Waals surface area contributed by atoms with E-state index in [1.54, 1.807) is 18.2 Å². The van der Waals surface area contributed by atoms with Crippen molar-refractivity contribution in [3.05, 3.63) is 29.3 Å². The van der Waals surface area contributed by atoms with Crippen molar-refractivity contribution in [2.75, 3.05) is 32.5 Å². The molecule has 142 valence electrons. The summed E-state index contributed by atoms with van der Waals surface area (Å²) in [7, 11) is 2.95. The number of aldehydes is 2. The minimum atomic E-state index is -0.811. The van der Waals surface area contributed by atoms with Crippen LogP contribution in [0.2, 0.25) is 0 Å². The molecule has 1 rings (SSSR count). The number of hydrogen-bond donors (Lipinski definition) is 3. The summed E-state index contributed by atoms with van der Waals surface area (Å²) in [5, 5.41) is 5.61. The van der Waals surface area contributed by atoms with Crippen molar-refractivity contribution in [2.24, 2.45) is 5.73 Å². The van der Waals surface area contributed by atoms with Gasteiger partial charge < -0.3 is 26.1 Å². The zero-order valence-electron chi connectivity index (χ0n) is 15.2. The van der Waals surface area contributed by atoms with Gasteiger partial charge in [0.2, 0.25) is 5.91 Å². The fourth-order valence-electron chi connectivity index (χ4n) is 2.59. The van der Waals surface area contributed by atoms with Gasteiger partial charge in [-0.3, -0.25) is 14.4 Å². The van der Waals surface area contributed by atoms with Crippen molar-refractivity contribution < 1.29 is 19.2 Å². The molecule has 1 atom stereocenters. The molecular weight excluding hydrogens is 336 g/mol. The van der Waals surface area contributed by atoms with Gasteiger partial charge in [0.25, 0.3) is 5.91 Å². The minimum Gasteiger partial charge on any atom is -0.384 e. The molecule has 0 saturated carbocycles. The number of nitrogens with one attached hydrogen (secondary N) is 2. The third-order valence-electron chi connectivity index (χ3n) is 4.03. The molecule has 1 unspecified atom stereocenters. The summed E-state index contributed by atoms with van der Waals surface area (Å²) in [4.78, 5) is 48.5. The van der Waals surface area contributed by atoms with E-state index in [1.165, 1.54) is 19.0 Å². The van der Waals surface area contributed by atoms with Crippen molar-refractivity contribution in [2.45, 2.75) is 25.3 Å². The zero-order chi connectivity index (χ0) is 19.5. The number of amides is 2. The van der Waals surface area contributed by atoms with E-state index in [0.29, 0.717) is 37.8 Å².